The number of hydrogen-bond donors (Lipinski definition) is 1. The van der Waals surface area contributed by atoms with Crippen LogP contribution in [-0.4, -0.2) is 11.1 Å². The molecule has 1 aromatic carbocycles. The third-order valence-corrected chi connectivity index (χ3v) is 2.29. The van der Waals surface area contributed by atoms with Crippen LogP contribution in [0.25, 0.3) is 0 Å². The molecule has 0 bridgehead atoms. The summed E-state index contributed by atoms with van der Waals surface area (Å²) >= 11 is 11.2. The van der Waals surface area contributed by atoms with E-state index in [0.717, 1.165) is 0 Å². The van der Waals surface area contributed by atoms with Gasteiger partial charge in [0.25, 0.3) is 0 Å². The van der Waals surface area contributed by atoms with Crippen LogP contribution in [0.3, 0.4) is 0 Å². The first-order chi connectivity index (χ1) is 6.60. The Hall–Kier alpha value is -1.24. The van der Waals surface area contributed by atoms with Crippen molar-refractivity contribution in [2.24, 2.45) is 0 Å². The monoisotopic (exact) mass is 229 g/mol. The molecule has 1 N–H and O–H groups in total. The molecule has 0 fully saturated rings. The number of benzene rings is 1. The van der Waals surface area contributed by atoms with Gasteiger partial charge >= 0.3 is 5.97 Å². The first kappa shape index (κ1) is 10.8. The maximum atomic E-state index is 10.7. The SMILES string of the molecule is N#Cc1cc(C(=O)O)c(Cl)cc1CCl. The summed E-state index contributed by atoms with van der Waals surface area (Å²) in [5.41, 5.74) is 0.683. The molecule has 0 saturated heterocycles. The van der Waals surface area contributed by atoms with Crippen LogP contribution in [-0.2, 0) is 5.88 Å². The molecular formula is C9H5Cl2NO2. The van der Waals surface area contributed by atoms with Crippen LogP contribution in [0, 0.1) is 11.3 Å². The number of alkyl halides is 1. The zero-order valence-electron chi connectivity index (χ0n) is 6.92. The van der Waals surface area contributed by atoms with E-state index in [0.29, 0.717) is 5.56 Å². The predicted octanol–water partition coefficient (Wildman–Crippen LogP) is 2.65. The summed E-state index contributed by atoms with van der Waals surface area (Å²) in [7, 11) is 0. The van der Waals surface area contributed by atoms with Crippen molar-refractivity contribution in [1.29, 1.82) is 5.26 Å². The van der Waals surface area contributed by atoms with Crippen LogP contribution in [0.2, 0.25) is 5.02 Å². The molecule has 0 spiro atoms. The molecule has 0 unspecified atom stereocenters. The summed E-state index contributed by atoms with van der Waals surface area (Å²) in [5, 5.41) is 17.5. The third kappa shape index (κ3) is 1.98. The molecule has 0 aliphatic heterocycles. The first-order valence-electron chi connectivity index (χ1n) is 3.62. The maximum Gasteiger partial charge on any atom is 0.337 e. The van der Waals surface area contributed by atoms with Crippen LogP contribution in [0.4, 0.5) is 0 Å². The van der Waals surface area contributed by atoms with E-state index in [4.69, 9.17) is 33.6 Å². The number of nitriles is 1. The highest BCUT2D eigenvalue weighted by atomic mass is 35.5. The average Bonchev–Trinajstić information content (AvgIpc) is 2.16. The minimum absolute atomic E-state index is 0.0860. The van der Waals surface area contributed by atoms with E-state index in [9.17, 15) is 4.79 Å². The molecule has 1 aromatic rings. The fraction of sp³-hybridized carbons (Fsp3) is 0.111. The standard InChI is InChI=1S/C9H5Cl2NO2/c10-3-5-2-8(11)7(9(13)14)1-6(5)4-12/h1-2H,3H2,(H,13,14). The van der Waals surface area contributed by atoms with Crippen molar-refractivity contribution in [2.75, 3.05) is 0 Å². The van der Waals surface area contributed by atoms with Crippen LogP contribution in [0.5, 0.6) is 0 Å². The van der Waals surface area contributed by atoms with E-state index >= 15 is 0 Å². The van der Waals surface area contributed by atoms with Gasteiger partial charge in [-0.05, 0) is 17.7 Å². The van der Waals surface area contributed by atoms with Gasteiger partial charge < -0.3 is 5.11 Å². The maximum absolute atomic E-state index is 10.7. The van der Waals surface area contributed by atoms with Crippen molar-refractivity contribution in [1.82, 2.24) is 0 Å². The van der Waals surface area contributed by atoms with Crippen molar-refractivity contribution in [2.45, 2.75) is 5.88 Å². The molecule has 1 rings (SSSR count). The van der Waals surface area contributed by atoms with E-state index < -0.39 is 5.97 Å². The smallest absolute Gasteiger partial charge is 0.337 e. The van der Waals surface area contributed by atoms with Crippen LogP contribution in [0.1, 0.15) is 21.5 Å². The van der Waals surface area contributed by atoms with Crippen molar-refractivity contribution in [3.8, 4) is 6.07 Å². The zero-order chi connectivity index (χ0) is 10.7. The Balaban J connectivity index is 3.40. The van der Waals surface area contributed by atoms with Gasteiger partial charge in [-0.1, -0.05) is 11.6 Å². The summed E-state index contributed by atoms with van der Waals surface area (Å²) in [6.45, 7) is 0. The van der Waals surface area contributed by atoms with Gasteiger partial charge in [0, 0.05) is 5.88 Å². The fourth-order valence-corrected chi connectivity index (χ4v) is 1.48. The molecule has 72 valence electrons. The summed E-state index contributed by atoms with van der Waals surface area (Å²) < 4.78 is 0. The Morgan fingerprint density at radius 2 is 2.21 bits per heavy atom. The minimum Gasteiger partial charge on any atom is -0.478 e. The molecule has 0 radical (unpaired) electrons. The number of aromatic carboxylic acids is 1. The second kappa shape index (κ2) is 4.32. The van der Waals surface area contributed by atoms with E-state index in [1.54, 1.807) is 0 Å². The van der Waals surface area contributed by atoms with E-state index in [-0.39, 0.29) is 22.0 Å². The minimum atomic E-state index is -1.16. The largest absolute Gasteiger partial charge is 0.478 e. The Bertz CT molecular complexity index is 424. The number of halogens is 2. The highest BCUT2D eigenvalue weighted by Crippen LogP contribution is 2.22. The molecule has 0 saturated carbocycles. The average molecular weight is 230 g/mol. The van der Waals surface area contributed by atoms with Crippen LogP contribution < -0.4 is 0 Å². The van der Waals surface area contributed by atoms with Crippen molar-refractivity contribution in [3.05, 3.63) is 33.8 Å². The Kier molecular flexibility index (Phi) is 3.34. The van der Waals surface area contributed by atoms with E-state index in [1.807, 2.05) is 6.07 Å². The summed E-state index contributed by atoms with van der Waals surface area (Å²) in [4.78, 5) is 10.7. The quantitative estimate of drug-likeness (QED) is 0.794. The lowest BCUT2D eigenvalue weighted by Crippen LogP contribution is -2.00. The zero-order valence-corrected chi connectivity index (χ0v) is 8.43. The highest BCUT2D eigenvalue weighted by Gasteiger charge is 2.12. The molecule has 0 heterocycles. The Labute approximate surface area is 90.5 Å². The molecule has 0 aromatic heterocycles. The molecule has 5 heteroatoms. The lowest BCUT2D eigenvalue weighted by atomic mass is 10.1. The third-order valence-electron chi connectivity index (χ3n) is 1.69. The van der Waals surface area contributed by atoms with Crippen molar-refractivity contribution >= 4 is 29.2 Å². The lowest BCUT2D eigenvalue weighted by molar-refractivity contribution is 0.0697. The van der Waals surface area contributed by atoms with Crippen molar-refractivity contribution in [3.63, 3.8) is 0 Å². The number of carboxylic acids is 1. The topological polar surface area (TPSA) is 61.1 Å². The van der Waals surface area contributed by atoms with Crippen LogP contribution >= 0.6 is 23.2 Å². The normalized spacial score (nSPS) is 9.50. The molecule has 3 nitrogen and oxygen atoms in total. The molecule has 0 amide bonds. The number of rotatable bonds is 2. The molecule has 0 aliphatic rings. The summed E-state index contributed by atoms with van der Waals surface area (Å²) in [5.74, 6) is -1.03. The number of carboxylic acid groups (broad SMARTS) is 1. The van der Waals surface area contributed by atoms with Gasteiger partial charge in [0.1, 0.15) is 0 Å². The van der Waals surface area contributed by atoms with Gasteiger partial charge in [-0.25, -0.2) is 4.79 Å². The number of hydrogen-bond acceptors (Lipinski definition) is 2. The first-order valence-corrected chi connectivity index (χ1v) is 4.53. The lowest BCUT2D eigenvalue weighted by Gasteiger charge is -2.03. The van der Waals surface area contributed by atoms with Gasteiger partial charge in [0.15, 0.2) is 0 Å². The second-order valence-electron chi connectivity index (χ2n) is 2.54. The van der Waals surface area contributed by atoms with Gasteiger partial charge in [0.05, 0.1) is 22.2 Å². The fourth-order valence-electron chi connectivity index (χ4n) is 0.993. The number of carbonyl (C=O) groups is 1. The predicted molar refractivity (Wildman–Crippen MR) is 52.7 cm³/mol. The highest BCUT2D eigenvalue weighted by molar-refractivity contribution is 6.33. The molecular weight excluding hydrogens is 225 g/mol. The Morgan fingerprint density at radius 1 is 1.57 bits per heavy atom. The summed E-state index contributed by atoms with van der Waals surface area (Å²) in [6, 6.07) is 4.49. The molecule has 0 atom stereocenters. The van der Waals surface area contributed by atoms with E-state index in [1.165, 1.54) is 12.1 Å². The number of nitrogens with zero attached hydrogens (tertiary/aromatic N) is 1. The van der Waals surface area contributed by atoms with Gasteiger partial charge in [-0.2, -0.15) is 5.26 Å². The molecule has 14 heavy (non-hydrogen) atoms. The van der Waals surface area contributed by atoms with Gasteiger partial charge in [-0.15, -0.1) is 11.6 Å². The van der Waals surface area contributed by atoms with E-state index in [2.05, 4.69) is 0 Å². The van der Waals surface area contributed by atoms with Crippen molar-refractivity contribution < 1.29 is 9.90 Å². The summed E-state index contributed by atoms with van der Waals surface area (Å²) in [6.07, 6.45) is 0. The van der Waals surface area contributed by atoms with Crippen LogP contribution in [0.15, 0.2) is 12.1 Å². The van der Waals surface area contributed by atoms with Gasteiger partial charge in [-0.3, -0.25) is 0 Å². The molecule has 0 aliphatic carbocycles. The second-order valence-corrected chi connectivity index (χ2v) is 3.21. The Morgan fingerprint density at radius 3 is 2.64 bits per heavy atom. The van der Waals surface area contributed by atoms with Gasteiger partial charge in [0.2, 0.25) is 0 Å².